The van der Waals surface area contributed by atoms with Crippen molar-refractivity contribution in [1.82, 2.24) is 5.32 Å². The van der Waals surface area contributed by atoms with Crippen molar-refractivity contribution in [3.63, 3.8) is 0 Å². The lowest BCUT2D eigenvalue weighted by atomic mass is 9.88. The highest BCUT2D eigenvalue weighted by Gasteiger charge is 2.16. The number of aliphatic hydroxyl groups is 1. The Labute approximate surface area is 117 Å². The molecule has 1 aromatic carbocycles. The minimum Gasteiger partial charge on any atom is -0.396 e. The number of aliphatic hydroxyl groups excluding tert-OH is 1. The predicted octanol–water partition coefficient (Wildman–Crippen LogP) is 3.48. The highest BCUT2D eigenvalue weighted by Crippen LogP contribution is 2.22. The van der Waals surface area contributed by atoms with E-state index in [4.69, 9.17) is 5.11 Å². The third kappa shape index (κ3) is 5.46. The molecule has 4 heteroatoms. The maximum Gasteiger partial charge on any atom is 0.124 e. The summed E-state index contributed by atoms with van der Waals surface area (Å²) in [6.07, 6.45) is 1.82. The fourth-order valence-corrected chi connectivity index (χ4v) is 2.34. The van der Waals surface area contributed by atoms with E-state index in [2.05, 4.69) is 35.1 Å². The van der Waals surface area contributed by atoms with Gasteiger partial charge in [-0.05, 0) is 36.0 Å². The zero-order valence-electron chi connectivity index (χ0n) is 11.0. The van der Waals surface area contributed by atoms with Gasteiger partial charge in [0.05, 0.1) is 0 Å². The Balaban J connectivity index is 2.41. The Morgan fingerprint density at radius 2 is 2.11 bits per heavy atom. The number of hydrogen-bond donors (Lipinski definition) is 2. The molecule has 1 aromatic rings. The van der Waals surface area contributed by atoms with Crippen LogP contribution in [0.25, 0.3) is 0 Å². The van der Waals surface area contributed by atoms with Gasteiger partial charge in [0.15, 0.2) is 0 Å². The van der Waals surface area contributed by atoms with Crippen LogP contribution in [0.5, 0.6) is 0 Å². The summed E-state index contributed by atoms with van der Waals surface area (Å²) >= 11 is 3.36. The van der Waals surface area contributed by atoms with E-state index >= 15 is 0 Å². The molecule has 18 heavy (non-hydrogen) atoms. The van der Waals surface area contributed by atoms with E-state index in [-0.39, 0.29) is 17.8 Å². The molecular weight excluding hydrogens is 297 g/mol. The summed E-state index contributed by atoms with van der Waals surface area (Å²) in [5.74, 6) is -0.228. The Morgan fingerprint density at radius 1 is 1.39 bits per heavy atom. The van der Waals surface area contributed by atoms with Crippen molar-refractivity contribution in [2.45, 2.75) is 33.2 Å². The van der Waals surface area contributed by atoms with E-state index in [0.717, 1.165) is 29.4 Å². The van der Waals surface area contributed by atoms with Crippen molar-refractivity contribution in [3.05, 3.63) is 34.1 Å². The van der Waals surface area contributed by atoms with Crippen molar-refractivity contribution in [3.8, 4) is 0 Å². The minimum absolute atomic E-state index is 0.162. The molecule has 1 rings (SSSR count). The second kappa shape index (κ2) is 7.22. The molecule has 0 aromatic heterocycles. The van der Waals surface area contributed by atoms with E-state index in [1.807, 2.05) is 0 Å². The van der Waals surface area contributed by atoms with Gasteiger partial charge in [0.1, 0.15) is 5.82 Å². The van der Waals surface area contributed by atoms with Crippen molar-refractivity contribution in [2.75, 3.05) is 13.2 Å². The van der Waals surface area contributed by atoms with E-state index in [1.54, 1.807) is 6.07 Å². The first kappa shape index (κ1) is 15.6. The summed E-state index contributed by atoms with van der Waals surface area (Å²) in [7, 11) is 0. The summed E-state index contributed by atoms with van der Waals surface area (Å²) in [6, 6.07) is 4.74. The topological polar surface area (TPSA) is 32.3 Å². The molecule has 0 unspecified atom stereocenters. The van der Waals surface area contributed by atoms with Gasteiger partial charge in [-0.2, -0.15) is 0 Å². The average Bonchev–Trinajstić information content (AvgIpc) is 2.29. The smallest absolute Gasteiger partial charge is 0.124 e. The molecule has 0 aliphatic carbocycles. The molecule has 0 bridgehead atoms. The van der Waals surface area contributed by atoms with Gasteiger partial charge in [0, 0.05) is 24.2 Å². The first-order valence-corrected chi connectivity index (χ1v) is 6.99. The van der Waals surface area contributed by atoms with Gasteiger partial charge in [0.25, 0.3) is 0 Å². The average molecular weight is 318 g/mol. The third-order valence-corrected chi connectivity index (χ3v) is 3.68. The van der Waals surface area contributed by atoms with Crippen LogP contribution in [0, 0.1) is 11.2 Å². The van der Waals surface area contributed by atoms with Gasteiger partial charge >= 0.3 is 0 Å². The molecule has 0 aliphatic rings. The van der Waals surface area contributed by atoms with Crippen LogP contribution in [-0.2, 0) is 6.54 Å². The Kier molecular flexibility index (Phi) is 6.26. The van der Waals surface area contributed by atoms with Crippen LogP contribution in [0.2, 0.25) is 0 Å². The predicted molar refractivity (Wildman–Crippen MR) is 75.9 cm³/mol. The van der Waals surface area contributed by atoms with Crippen molar-refractivity contribution in [1.29, 1.82) is 0 Å². The Morgan fingerprint density at radius 3 is 2.72 bits per heavy atom. The number of hydrogen-bond acceptors (Lipinski definition) is 2. The maximum atomic E-state index is 12.9. The number of halogens is 2. The molecule has 0 atom stereocenters. The zero-order chi connectivity index (χ0) is 13.6. The molecule has 102 valence electrons. The summed E-state index contributed by atoms with van der Waals surface area (Å²) in [5.41, 5.74) is 1.21. The second-order valence-corrected chi connectivity index (χ2v) is 6.18. The molecule has 0 amide bonds. The van der Waals surface area contributed by atoms with Crippen LogP contribution < -0.4 is 5.32 Å². The molecule has 0 saturated carbocycles. The van der Waals surface area contributed by atoms with Crippen LogP contribution >= 0.6 is 15.9 Å². The Bertz CT molecular complexity index is 382. The summed E-state index contributed by atoms with van der Waals surface area (Å²) in [4.78, 5) is 0. The molecule has 0 heterocycles. The second-order valence-electron chi connectivity index (χ2n) is 5.33. The van der Waals surface area contributed by atoms with Gasteiger partial charge < -0.3 is 10.4 Å². The van der Waals surface area contributed by atoms with E-state index in [0.29, 0.717) is 6.54 Å². The summed E-state index contributed by atoms with van der Waals surface area (Å²) < 4.78 is 13.7. The van der Waals surface area contributed by atoms with Crippen LogP contribution in [0.3, 0.4) is 0 Å². The van der Waals surface area contributed by atoms with Gasteiger partial charge in [-0.25, -0.2) is 4.39 Å². The lowest BCUT2D eigenvalue weighted by molar-refractivity contribution is 0.236. The summed E-state index contributed by atoms with van der Waals surface area (Å²) in [5, 5.41) is 12.2. The largest absolute Gasteiger partial charge is 0.396 e. The fraction of sp³-hybridized carbons (Fsp3) is 0.571. The van der Waals surface area contributed by atoms with Gasteiger partial charge in [0.2, 0.25) is 0 Å². The van der Waals surface area contributed by atoms with Crippen LogP contribution in [-0.4, -0.2) is 18.3 Å². The van der Waals surface area contributed by atoms with E-state index < -0.39 is 0 Å². The molecular formula is C14H21BrFNO. The SMILES string of the molecule is CC(C)(CCCO)CNCc1ccc(F)cc1Br. The molecule has 0 spiro atoms. The van der Waals surface area contributed by atoms with Crippen LogP contribution in [0.1, 0.15) is 32.3 Å². The number of nitrogens with one attached hydrogen (secondary N) is 1. The zero-order valence-corrected chi connectivity index (χ0v) is 12.6. The monoisotopic (exact) mass is 317 g/mol. The maximum absolute atomic E-state index is 12.9. The highest BCUT2D eigenvalue weighted by molar-refractivity contribution is 9.10. The number of benzene rings is 1. The van der Waals surface area contributed by atoms with Crippen molar-refractivity contribution in [2.24, 2.45) is 5.41 Å². The fourth-order valence-electron chi connectivity index (χ4n) is 1.85. The highest BCUT2D eigenvalue weighted by atomic mass is 79.9. The lowest BCUT2D eigenvalue weighted by Crippen LogP contribution is -2.29. The van der Waals surface area contributed by atoms with Crippen LogP contribution in [0.4, 0.5) is 4.39 Å². The van der Waals surface area contributed by atoms with Gasteiger partial charge in [-0.3, -0.25) is 0 Å². The lowest BCUT2D eigenvalue weighted by Gasteiger charge is -2.24. The standard InChI is InChI=1S/C14H21BrFNO/c1-14(2,6-3-7-18)10-17-9-11-4-5-12(16)8-13(11)15/h4-5,8,17-18H,3,6-7,9-10H2,1-2H3. The molecule has 2 N–H and O–H groups in total. The van der Waals surface area contributed by atoms with Crippen molar-refractivity contribution < 1.29 is 9.50 Å². The molecule has 2 nitrogen and oxygen atoms in total. The van der Waals surface area contributed by atoms with E-state index in [1.165, 1.54) is 12.1 Å². The van der Waals surface area contributed by atoms with Crippen LogP contribution in [0.15, 0.2) is 22.7 Å². The molecule has 0 saturated heterocycles. The van der Waals surface area contributed by atoms with Gasteiger partial charge in [-0.15, -0.1) is 0 Å². The van der Waals surface area contributed by atoms with Gasteiger partial charge in [-0.1, -0.05) is 35.8 Å². The molecule has 0 fully saturated rings. The first-order valence-electron chi connectivity index (χ1n) is 6.20. The third-order valence-electron chi connectivity index (χ3n) is 2.95. The summed E-state index contributed by atoms with van der Waals surface area (Å²) in [6.45, 7) is 6.18. The molecule has 0 aliphatic heterocycles. The minimum atomic E-state index is -0.228. The van der Waals surface area contributed by atoms with Crippen molar-refractivity contribution >= 4 is 15.9 Å². The Hall–Kier alpha value is -0.450. The number of rotatable bonds is 7. The normalized spacial score (nSPS) is 11.8. The molecule has 0 radical (unpaired) electrons. The quantitative estimate of drug-likeness (QED) is 0.807. The van der Waals surface area contributed by atoms with E-state index in [9.17, 15) is 4.39 Å². The first-order chi connectivity index (χ1) is 8.44.